The van der Waals surface area contributed by atoms with Crippen molar-refractivity contribution in [2.75, 3.05) is 37.8 Å². The molecular weight excluding hydrogens is 396 g/mol. The van der Waals surface area contributed by atoms with Crippen LogP contribution < -0.4 is 10.6 Å². The molecule has 4 rings (SSSR count). The summed E-state index contributed by atoms with van der Waals surface area (Å²) in [6, 6.07) is 6.12. The molecular formula is C22H28N6O3. The highest BCUT2D eigenvalue weighted by molar-refractivity contribution is 5.89. The lowest BCUT2D eigenvalue weighted by Gasteiger charge is -2.29. The van der Waals surface area contributed by atoms with Crippen LogP contribution in [-0.4, -0.2) is 58.8 Å². The number of fused-ring (bicyclic) bond motifs is 1. The molecule has 0 radical (unpaired) electrons. The lowest BCUT2D eigenvalue weighted by Crippen LogP contribution is -2.36. The van der Waals surface area contributed by atoms with Crippen LogP contribution in [0.3, 0.4) is 0 Å². The van der Waals surface area contributed by atoms with Crippen LogP contribution in [0.2, 0.25) is 0 Å². The fourth-order valence-corrected chi connectivity index (χ4v) is 3.74. The van der Waals surface area contributed by atoms with E-state index in [1.54, 1.807) is 0 Å². The number of amides is 1. The summed E-state index contributed by atoms with van der Waals surface area (Å²) in [5, 5.41) is 4.48. The van der Waals surface area contributed by atoms with E-state index in [2.05, 4.69) is 21.0 Å². The summed E-state index contributed by atoms with van der Waals surface area (Å²) >= 11 is 0. The van der Waals surface area contributed by atoms with Crippen molar-refractivity contribution in [1.29, 1.82) is 0 Å². The van der Waals surface area contributed by atoms with Gasteiger partial charge < -0.3 is 20.1 Å². The van der Waals surface area contributed by atoms with E-state index in [1.165, 1.54) is 0 Å². The molecule has 9 nitrogen and oxygen atoms in total. The van der Waals surface area contributed by atoms with Crippen LogP contribution in [0.25, 0.3) is 22.3 Å². The summed E-state index contributed by atoms with van der Waals surface area (Å²) in [6.07, 6.45) is 8.81. The monoisotopic (exact) mass is 424 g/mol. The number of para-hydroxylation sites is 1. The number of ether oxygens (including phenoxy) is 2. The van der Waals surface area contributed by atoms with Gasteiger partial charge in [0.15, 0.2) is 0 Å². The highest BCUT2D eigenvalue weighted by Gasteiger charge is 2.16. The summed E-state index contributed by atoms with van der Waals surface area (Å²) in [6.45, 7) is 4.39. The van der Waals surface area contributed by atoms with Crippen molar-refractivity contribution in [3.63, 3.8) is 0 Å². The minimum Gasteiger partial charge on any atom is -0.450 e. The summed E-state index contributed by atoms with van der Waals surface area (Å²) in [7, 11) is 0. The lowest BCUT2D eigenvalue weighted by molar-refractivity contribution is 0.123. The SMILES string of the molecule is NC(=O)OCCCCCCn1cc(-c2cnc3cccc(N4CCOCC4)c3n2)cn1. The molecule has 2 aromatic heterocycles. The summed E-state index contributed by atoms with van der Waals surface area (Å²) in [5.41, 5.74) is 9.63. The van der Waals surface area contributed by atoms with Gasteiger partial charge in [-0.15, -0.1) is 0 Å². The quantitative estimate of drug-likeness (QED) is 0.526. The van der Waals surface area contributed by atoms with Crippen LogP contribution in [0.1, 0.15) is 25.7 Å². The number of rotatable bonds is 9. The number of carbonyl (C=O) groups is 1. The fraction of sp³-hybridized carbons (Fsp3) is 0.455. The molecule has 1 saturated heterocycles. The molecule has 9 heteroatoms. The lowest BCUT2D eigenvalue weighted by atomic mass is 10.2. The Morgan fingerprint density at radius 2 is 1.97 bits per heavy atom. The molecule has 164 valence electrons. The second kappa shape index (κ2) is 10.2. The highest BCUT2D eigenvalue weighted by Crippen LogP contribution is 2.27. The minimum atomic E-state index is -0.710. The maximum absolute atomic E-state index is 10.5. The van der Waals surface area contributed by atoms with Crippen molar-refractivity contribution in [3.8, 4) is 11.3 Å². The number of unbranched alkanes of at least 4 members (excludes halogenated alkanes) is 3. The van der Waals surface area contributed by atoms with Crippen LogP contribution in [0.5, 0.6) is 0 Å². The van der Waals surface area contributed by atoms with E-state index in [-0.39, 0.29) is 0 Å². The second-order valence-corrected chi connectivity index (χ2v) is 7.57. The van der Waals surface area contributed by atoms with Gasteiger partial charge in [0.2, 0.25) is 0 Å². The van der Waals surface area contributed by atoms with Crippen molar-refractivity contribution >= 4 is 22.8 Å². The Kier molecular flexibility index (Phi) is 6.93. The van der Waals surface area contributed by atoms with E-state index in [1.807, 2.05) is 35.4 Å². The van der Waals surface area contributed by atoms with E-state index in [0.29, 0.717) is 6.61 Å². The van der Waals surface area contributed by atoms with Crippen molar-refractivity contribution in [1.82, 2.24) is 19.7 Å². The first-order valence-corrected chi connectivity index (χ1v) is 10.7. The van der Waals surface area contributed by atoms with E-state index < -0.39 is 6.09 Å². The van der Waals surface area contributed by atoms with Crippen LogP contribution in [0, 0.1) is 0 Å². The number of primary amides is 1. The normalized spacial score (nSPS) is 14.1. The maximum Gasteiger partial charge on any atom is 0.404 e. The maximum atomic E-state index is 10.5. The molecule has 1 aliphatic rings. The average Bonchev–Trinajstić information content (AvgIpc) is 3.27. The molecule has 31 heavy (non-hydrogen) atoms. The van der Waals surface area contributed by atoms with E-state index in [9.17, 15) is 4.79 Å². The Morgan fingerprint density at radius 3 is 2.81 bits per heavy atom. The molecule has 3 heterocycles. The Bertz CT molecular complexity index is 1020. The fourth-order valence-electron chi connectivity index (χ4n) is 3.74. The smallest absolute Gasteiger partial charge is 0.404 e. The molecule has 0 spiro atoms. The number of nitrogens with two attached hydrogens (primary N) is 1. The second-order valence-electron chi connectivity index (χ2n) is 7.57. The summed E-state index contributed by atoms with van der Waals surface area (Å²) in [4.78, 5) is 22.4. The first kappa shape index (κ1) is 21.0. The third-order valence-corrected chi connectivity index (χ3v) is 5.36. The molecule has 0 atom stereocenters. The van der Waals surface area contributed by atoms with Gasteiger partial charge in [-0.3, -0.25) is 9.67 Å². The number of aryl methyl sites for hydroxylation is 1. The minimum absolute atomic E-state index is 0.383. The van der Waals surface area contributed by atoms with Gasteiger partial charge in [0.25, 0.3) is 0 Å². The Labute approximate surface area is 181 Å². The van der Waals surface area contributed by atoms with Crippen LogP contribution in [0.15, 0.2) is 36.8 Å². The van der Waals surface area contributed by atoms with Crippen LogP contribution in [-0.2, 0) is 16.0 Å². The zero-order chi connectivity index (χ0) is 21.5. The third kappa shape index (κ3) is 5.49. The molecule has 0 saturated carbocycles. The van der Waals surface area contributed by atoms with Gasteiger partial charge in [-0.05, 0) is 31.4 Å². The number of anilines is 1. The molecule has 0 bridgehead atoms. The van der Waals surface area contributed by atoms with Gasteiger partial charge in [0.05, 0.1) is 49.1 Å². The molecule has 2 N–H and O–H groups in total. The number of hydrogen-bond acceptors (Lipinski definition) is 7. The first-order valence-electron chi connectivity index (χ1n) is 10.7. The van der Waals surface area contributed by atoms with Crippen LogP contribution in [0.4, 0.5) is 10.5 Å². The molecule has 1 aliphatic heterocycles. The van der Waals surface area contributed by atoms with Crippen molar-refractivity contribution in [3.05, 3.63) is 36.8 Å². The Hall–Kier alpha value is -3.20. The first-order chi connectivity index (χ1) is 15.2. The molecule has 1 amide bonds. The van der Waals surface area contributed by atoms with Gasteiger partial charge in [-0.2, -0.15) is 5.10 Å². The van der Waals surface area contributed by atoms with E-state index >= 15 is 0 Å². The summed E-state index contributed by atoms with van der Waals surface area (Å²) in [5.74, 6) is 0. The van der Waals surface area contributed by atoms with Gasteiger partial charge >= 0.3 is 6.09 Å². The van der Waals surface area contributed by atoms with Gasteiger partial charge in [-0.1, -0.05) is 12.5 Å². The standard InChI is InChI=1S/C22H28N6O3/c23-22(29)31-11-4-2-1-3-8-28-16-17(14-25-28)19-15-24-18-6-5-7-20(21(18)26-19)27-9-12-30-13-10-27/h5-7,14-16H,1-4,8-13H2,(H2,23,29). The molecule has 1 fully saturated rings. The number of aromatic nitrogens is 4. The largest absolute Gasteiger partial charge is 0.450 e. The van der Waals surface area contributed by atoms with Crippen LogP contribution >= 0.6 is 0 Å². The van der Waals surface area contributed by atoms with Crippen molar-refractivity contribution in [2.45, 2.75) is 32.2 Å². The number of hydrogen-bond donors (Lipinski definition) is 1. The molecule has 0 unspecified atom stereocenters. The molecule has 0 aliphatic carbocycles. The highest BCUT2D eigenvalue weighted by atomic mass is 16.5. The van der Waals surface area contributed by atoms with E-state index in [4.69, 9.17) is 20.2 Å². The van der Waals surface area contributed by atoms with Crippen molar-refractivity contribution < 1.29 is 14.3 Å². The summed E-state index contributed by atoms with van der Waals surface area (Å²) < 4.78 is 12.2. The van der Waals surface area contributed by atoms with E-state index in [0.717, 1.165) is 86.5 Å². The molecule has 1 aromatic carbocycles. The molecule has 3 aromatic rings. The predicted octanol–water partition coefficient (Wildman–Crippen LogP) is 2.99. The number of nitrogens with zero attached hydrogens (tertiary/aromatic N) is 5. The number of morpholine rings is 1. The number of benzene rings is 1. The topological polar surface area (TPSA) is 108 Å². The predicted molar refractivity (Wildman–Crippen MR) is 118 cm³/mol. The third-order valence-electron chi connectivity index (χ3n) is 5.36. The number of carbonyl (C=O) groups excluding carboxylic acids is 1. The average molecular weight is 425 g/mol. The zero-order valence-corrected chi connectivity index (χ0v) is 17.6. The Balaban J connectivity index is 1.39. The van der Waals surface area contributed by atoms with Crippen molar-refractivity contribution in [2.24, 2.45) is 5.73 Å². The van der Waals surface area contributed by atoms with Gasteiger partial charge in [0.1, 0.15) is 5.52 Å². The van der Waals surface area contributed by atoms with Gasteiger partial charge in [-0.25, -0.2) is 9.78 Å². The van der Waals surface area contributed by atoms with Gasteiger partial charge in [0, 0.05) is 31.4 Å². The Morgan fingerprint density at radius 1 is 1.13 bits per heavy atom. The zero-order valence-electron chi connectivity index (χ0n) is 17.6.